The zero-order valence-electron chi connectivity index (χ0n) is 26.2. The molecular formula is C29H42O20. The minimum absolute atomic E-state index is 0.0459. The topological polar surface area (TPSA) is 313 Å². The molecule has 3 saturated heterocycles. The summed E-state index contributed by atoms with van der Waals surface area (Å²) in [5, 5.41) is 113. The molecule has 0 aliphatic carbocycles. The van der Waals surface area contributed by atoms with Gasteiger partial charge in [-0.15, -0.1) is 0 Å². The summed E-state index contributed by atoms with van der Waals surface area (Å²) < 4.78 is 43.0. The van der Waals surface area contributed by atoms with Crippen molar-refractivity contribution < 1.29 is 98.9 Å². The van der Waals surface area contributed by atoms with E-state index in [9.17, 15) is 61.0 Å². The summed E-state index contributed by atoms with van der Waals surface area (Å²) in [5.41, 5.74) is 0.348. The summed E-state index contributed by atoms with van der Waals surface area (Å²) in [6.45, 7) is -3.52. The van der Waals surface area contributed by atoms with Crippen LogP contribution in [0.15, 0.2) is 18.2 Å². The van der Waals surface area contributed by atoms with Crippen LogP contribution in [0.25, 0.3) is 6.08 Å². The van der Waals surface area contributed by atoms with Crippen LogP contribution in [0.5, 0.6) is 17.2 Å². The molecular weight excluding hydrogens is 668 g/mol. The summed E-state index contributed by atoms with van der Waals surface area (Å²) >= 11 is 0. The molecule has 1 aromatic rings. The molecule has 11 N–H and O–H groups in total. The zero-order chi connectivity index (χ0) is 36.2. The van der Waals surface area contributed by atoms with Gasteiger partial charge >= 0.3 is 5.97 Å². The van der Waals surface area contributed by atoms with Gasteiger partial charge in [-0.05, 0) is 23.8 Å². The van der Waals surface area contributed by atoms with Gasteiger partial charge in [-0.2, -0.15) is 0 Å². The van der Waals surface area contributed by atoms with Crippen LogP contribution in [0, 0.1) is 0 Å². The molecule has 4 rings (SSSR count). The predicted octanol–water partition coefficient (Wildman–Crippen LogP) is -5.58. The van der Waals surface area contributed by atoms with Gasteiger partial charge < -0.3 is 94.1 Å². The summed E-state index contributed by atoms with van der Waals surface area (Å²) in [6.07, 6.45) is -21.2. The molecule has 20 nitrogen and oxygen atoms in total. The van der Waals surface area contributed by atoms with Gasteiger partial charge in [0.25, 0.3) is 0 Å². The van der Waals surface area contributed by atoms with Gasteiger partial charge in [-0.3, -0.25) is 0 Å². The van der Waals surface area contributed by atoms with E-state index in [-0.39, 0.29) is 17.2 Å². The molecule has 0 bridgehead atoms. The number of aliphatic hydroxyl groups is 10. The SMILES string of the molecule is COc1cc(/C=C\C(=O)OC[C@H]2O[C@H](O[C@]3(CO)O[C@H](CO)[C@@H](O)[C@@H]3O)[C@H](O)[C@@H](O)[C@@H]2O[C@@H]2O[C@H](CO)[C@H](O)[C@H](O)[C@H]2O)cc(OC)c1O. The highest BCUT2D eigenvalue weighted by atomic mass is 16.8. The highest BCUT2D eigenvalue weighted by Gasteiger charge is 2.59. The number of aliphatic hydroxyl groups excluding tert-OH is 10. The molecule has 0 radical (unpaired) electrons. The van der Waals surface area contributed by atoms with Crippen LogP contribution in [0.2, 0.25) is 0 Å². The number of aromatic hydroxyl groups is 1. The number of benzene rings is 1. The standard InChI is InChI=1S/C29H42O20/c1-42-12-5-11(6-13(43-2)18(12)34)3-4-17(33)44-9-16-25(47-27-23(39)21(37)19(35)14(7-30)45-27)22(38)24(40)28(46-16)49-29(10-32)26(41)20(36)15(8-31)48-29/h3-6,14-16,19-28,30-32,34-41H,7-10H2,1-2H3/b4-3-/t14-,15-,16-,19+,20-,21+,22-,23-,24-,25-,26+,27+,28-,29+/m1/s1. The number of esters is 1. The highest BCUT2D eigenvalue weighted by molar-refractivity contribution is 5.87. The maximum atomic E-state index is 12.7. The van der Waals surface area contributed by atoms with E-state index in [1.165, 1.54) is 32.4 Å². The van der Waals surface area contributed by atoms with E-state index in [2.05, 4.69) is 0 Å². The summed E-state index contributed by atoms with van der Waals surface area (Å²) in [4.78, 5) is 12.7. The molecule has 14 atom stereocenters. The van der Waals surface area contributed by atoms with Crippen molar-refractivity contribution in [1.82, 2.24) is 0 Å². The number of methoxy groups -OCH3 is 2. The van der Waals surface area contributed by atoms with Crippen LogP contribution in [-0.4, -0.2) is 188 Å². The second-order valence-electron chi connectivity index (χ2n) is 11.4. The van der Waals surface area contributed by atoms with Crippen molar-refractivity contribution >= 4 is 12.0 Å². The van der Waals surface area contributed by atoms with E-state index < -0.39 is 118 Å². The quantitative estimate of drug-likeness (QED) is 0.0671. The van der Waals surface area contributed by atoms with Gasteiger partial charge in [-0.25, -0.2) is 4.79 Å². The lowest BCUT2D eigenvalue weighted by molar-refractivity contribution is -0.398. The van der Waals surface area contributed by atoms with E-state index in [1.54, 1.807) is 0 Å². The fourth-order valence-electron chi connectivity index (χ4n) is 5.49. The number of phenols is 1. The van der Waals surface area contributed by atoms with Gasteiger partial charge in [0.2, 0.25) is 11.5 Å². The van der Waals surface area contributed by atoms with Crippen molar-refractivity contribution in [3.8, 4) is 17.2 Å². The number of phenolic OH excluding ortho intramolecular Hbond substituents is 1. The first-order valence-corrected chi connectivity index (χ1v) is 15.0. The Balaban J connectivity index is 1.56. The number of rotatable bonds is 13. The number of ether oxygens (including phenoxy) is 8. The van der Waals surface area contributed by atoms with Crippen molar-refractivity contribution in [3.63, 3.8) is 0 Å². The van der Waals surface area contributed by atoms with E-state index in [4.69, 9.17) is 37.9 Å². The molecule has 278 valence electrons. The molecule has 0 unspecified atom stereocenters. The average Bonchev–Trinajstić information content (AvgIpc) is 3.34. The third-order valence-corrected chi connectivity index (χ3v) is 8.31. The largest absolute Gasteiger partial charge is 0.502 e. The molecule has 0 aromatic heterocycles. The maximum absolute atomic E-state index is 12.7. The first-order chi connectivity index (χ1) is 23.2. The van der Waals surface area contributed by atoms with Crippen LogP contribution in [0.4, 0.5) is 0 Å². The lowest BCUT2D eigenvalue weighted by Gasteiger charge is -2.47. The molecule has 0 spiro atoms. The van der Waals surface area contributed by atoms with Crippen LogP contribution >= 0.6 is 0 Å². The lowest BCUT2D eigenvalue weighted by atomic mass is 9.96. The Labute approximate surface area is 278 Å². The van der Waals surface area contributed by atoms with Crippen LogP contribution in [0.3, 0.4) is 0 Å². The molecule has 3 aliphatic heterocycles. The van der Waals surface area contributed by atoms with E-state index in [1.807, 2.05) is 0 Å². The monoisotopic (exact) mass is 710 g/mol. The van der Waals surface area contributed by atoms with Crippen molar-refractivity contribution in [1.29, 1.82) is 0 Å². The van der Waals surface area contributed by atoms with Gasteiger partial charge in [0.15, 0.2) is 24.1 Å². The molecule has 3 aliphatic rings. The number of carbonyl (C=O) groups is 1. The van der Waals surface area contributed by atoms with E-state index >= 15 is 0 Å². The van der Waals surface area contributed by atoms with E-state index in [0.717, 1.165) is 6.08 Å². The number of hydrogen-bond acceptors (Lipinski definition) is 20. The van der Waals surface area contributed by atoms with Gasteiger partial charge in [-0.1, -0.05) is 0 Å². The maximum Gasteiger partial charge on any atom is 0.330 e. The first-order valence-electron chi connectivity index (χ1n) is 15.0. The third-order valence-electron chi connectivity index (χ3n) is 8.31. The molecule has 0 amide bonds. The normalized spacial score (nSPS) is 39.6. The van der Waals surface area contributed by atoms with Crippen molar-refractivity contribution in [3.05, 3.63) is 23.8 Å². The minimum atomic E-state index is -2.47. The Morgan fingerprint density at radius 2 is 1.39 bits per heavy atom. The second kappa shape index (κ2) is 16.5. The van der Waals surface area contributed by atoms with Crippen molar-refractivity contribution in [2.24, 2.45) is 0 Å². The fourth-order valence-corrected chi connectivity index (χ4v) is 5.49. The lowest BCUT2D eigenvalue weighted by Crippen LogP contribution is -2.66. The Morgan fingerprint density at radius 1 is 0.796 bits per heavy atom. The smallest absolute Gasteiger partial charge is 0.330 e. The van der Waals surface area contributed by atoms with Gasteiger partial charge in [0.1, 0.15) is 80.4 Å². The molecule has 20 heteroatoms. The Morgan fingerprint density at radius 3 is 1.94 bits per heavy atom. The van der Waals surface area contributed by atoms with Crippen LogP contribution in [0.1, 0.15) is 5.56 Å². The van der Waals surface area contributed by atoms with E-state index in [0.29, 0.717) is 5.56 Å². The average molecular weight is 711 g/mol. The molecule has 49 heavy (non-hydrogen) atoms. The summed E-state index contributed by atoms with van der Waals surface area (Å²) in [6, 6.07) is 2.79. The van der Waals surface area contributed by atoms with Crippen molar-refractivity contribution in [2.75, 3.05) is 40.6 Å². The number of carbonyl (C=O) groups excluding carboxylic acids is 1. The molecule has 3 fully saturated rings. The Hall–Kier alpha value is -2.77. The second-order valence-corrected chi connectivity index (χ2v) is 11.4. The van der Waals surface area contributed by atoms with Gasteiger partial charge in [0.05, 0.1) is 27.4 Å². The Bertz CT molecular complexity index is 1250. The van der Waals surface area contributed by atoms with Crippen molar-refractivity contribution in [2.45, 2.75) is 85.5 Å². The first kappa shape index (κ1) is 39.0. The summed E-state index contributed by atoms with van der Waals surface area (Å²) in [7, 11) is 2.61. The third kappa shape index (κ3) is 8.09. The Kier molecular flexibility index (Phi) is 13.1. The fraction of sp³-hybridized carbons (Fsp3) is 0.690. The zero-order valence-corrected chi connectivity index (χ0v) is 26.2. The van der Waals surface area contributed by atoms with Crippen LogP contribution < -0.4 is 9.47 Å². The number of hydrogen-bond donors (Lipinski definition) is 11. The summed E-state index contributed by atoms with van der Waals surface area (Å²) in [5.74, 6) is -3.65. The van der Waals surface area contributed by atoms with Gasteiger partial charge in [0, 0.05) is 6.08 Å². The van der Waals surface area contributed by atoms with Crippen LogP contribution in [-0.2, 0) is 33.2 Å². The molecule has 1 aromatic carbocycles. The predicted molar refractivity (Wildman–Crippen MR) is 155 cm³/mol. The minimum Gasteiger partial charge on any atom is -0.502 e. The molecule has 3 heterocycles. The highest BCUT2D eigenvalue weighted by Crippen LogP contribution is 2.38. The molecule has 0 saturated carbocycles.